The Balaban J connectivity index is 0.00000200. The molecule has 1 saturated heterocycles. The molecule has 2 rings (SSSR count). The molecular formula is C13H20Cl2N2O2S. The predicted octanol–water partition coefficient (Wildman–Crippen LogP) is 2.44. The Morgan fingerprint density at radius 1 is 1.30 bits per heavy atom. The summed E-state index contributed by atoms with van der Waals surface area (Å²) in [4.78, 5) is 0.322. The molecule has 0 aromatic heterocycles. The lowest BCUT2D eigenvalue weighted by atomic mass is 10.1. The van der Waals surface area contributed by atoms with E-state index < -0.39 is 10.0 Å². The SMILES string of the molecule is CNC1CCN(S(=O)(=O)c2cc(Cl)ccc2C)CC1.Cl. The number of sulfonamides is 1. The molecule has 4 nitrogen and oxygen atoms in total. The van der Waals surface area contributed by atoms with Gasteiger partial charge in [-0.05, 0) is 44.5 Å². The molecule has 0 radical (unpaired) electrons. The van der Waals surface area contributed by atoms with Crippen molar-refractivity contribution in [3.05, 3.63) is 28.8 Å². The van der Waals surface area contributed by atoms with Gasteiger partial charge in [0, 0.05) is 24.2 Å². The highest BCUT2D eigenvalue weighted by molar-refractivity contribution is 7.89. The number of rotatable bonds is 3. The second-order valence-electron chi connectivity index (χ2n) is 4.88. The number of aryl methyl sites for hydroxylation is 1. The van der Waals surface area contributed by atoms with E-state index in [1.165, 1.54) is 6.07 Å². The van der Waals surface area contributed by atoms with E-state index in [1.54, 1.807) is 23.4 Å². The Labute approximate surface area is 132 Å². The van der Waals surface area contributed by atoms with Crippen LogP contribution in [0.25, 0.3) is 0 Å². The number of halogens is 2. The van der Waals surface area contributed by atoms with Crippen LogP contribution in [0.2, 0.25) is 5.02 Å². The summed E-state index contributed by atoms with van der Waals surface area (Å²) in [6.45, 7) is 2.91. The smallest absolute Gasteiger partial charge is 0.243 e. The molecule has 1 aliphatic rings. The molecule has 7 heteroatoms. The Hall–Kier alpha value is -0.330. The van der Waals surface area contributed by atoms with E-state index in [1.807, 2.05) is 7.05 Å². The van der Waals surface area contributed by atoms with Gasteiger partial charge < -0.3 is 5.32 Å². The first-order chi connectivity index (χ1) is 8.95. The second-order valence-corrected chi connectivity index (χ2v) is 7.22. The summed E-state index contributed by atoms with van der Waals surface area (Å²) >= 11 is 5.91. The van der Waals surface area contributed by atoms with E-state index in [0.717, 1.165) is 18.4 Å². The molecule has 0 saturated carbocycles. The summed E-state index contributed by atoms with van der Waals surface area (Å²) in [5.41, 5.74) is 0.736. The third kappa shape index (κ3) is 3.65. The molecule has 0 unspecified atom stereocenters. The number of benzene rings is 1. The largest absolute Gasteiger partial charge is 0.317 e. The maximum absolute atomic E-state index is 12.6. The highest BCUT2D eigenvalue weighted by Gasteiger charge is 2.29. The molecule has 1 aromatic rings. The molecule has 0 spiro atoms. The Morgan fingerprint density at radius 2 is 1.90 bits per heavy atom. The van der Waals surface area contributed by atoms with Crippen molar-refractivity contribution in [3.63, 3.8) is 0 Å². The third-order valence-electron chi connectivity index (χ3n) is 3.63. The Bertz CT molecular complexity index is 555. The van der Waals surface area contributed by atoms with Gasteiger partial charge >= 0.3 is 0 Å². The van der Waals surface area contributed by atoms with Crippen molar-refractivity contribution >= 4 is 34.0 Å². The van der Waals surface area contributed by atoms with Crippen LogP contribution in [0, 0.1) is 6.92 Å². The van der Waals surface area contributed by atoms with Gasteiger partial charge in [0.2, 0.25) is 10.0 Å². The summed E-state index contributed by atoms with van der Waals surface area (Å²) in [5.74, 6) is 0. The molecule has 1 aliphatic heterocycles. The number of hydrogen-bond donors (Lipinski definition) is 1. The number of piperidine rings is 1. The lowest BCUT2D eigenvalue weighted by Crippen LogP contribution is -2.44. The van der Waals surface area contributed by atoms with Crippen LogP contribution in [-0.2, 0) is 10.0 Å². The highest BCUT2D eigenvalue weighted by atomic mass is 35.5. The van der Waals surface area contributed by atoms with Crippen molar-refractivity contribution in [1.29, 1.82) is 0 Å². The monoisotopic (exact) mass is 338 g/mol. The number of nitrogens with one attached hydrogen (secondary N) is 1. The molecule has 0 aliphatic carbocycles. The second kappa shape index (κ2) is 7.09. The first kappa shape index (κ1) is 17.7. The zero-order valence-electron chi connectivity index (χ0n) is 11.6. The summed E-state index contributed by atoms with van der Waals surface area (Å²) in [5, 5.41) is 3.65. The molecule has 20 heavy (non-hydrogen) atoms. The molecule has 0 atom stereocenters. The van der Waals surface area contributed by atoms with Crippen LogP contribution in [-0.4, -0.2) is 38.9 Å². The fourth-order valence-electron chi connectivity index (χ4n) is 2.38. The molecule has 0 amide bonds. The fourth-order valence-corrected chi connectivity index (χ4v) is 4.33. The minimum atomic E-state index is -3.43. The number of nitrogens with zero attached hydrogens (tertiary/aromatic N) is 1. The van der Waals surface area contributed by atoms with Crippen molar-refractivity contribution in [2.45, 2.75) is 30.7 Å². The van der Waals surface area contributed by atoms with Crippen molar-refractivity contribution in [2.75, 3.05) is 20.1 Å². The van der Waals surface area contributed by atoms with Gasteiger partial charge in [-0.2, -0.15) is 4.31 Å². The van der Waals surface area contributed by atoms with Crippen LogP contribution >= 0.6 is 24.0 Å². The van der Waals surface area contributed by atoms with Crippen LogP contribution in [0.5, 0.6) is 0 Å². The van der Waals surface area contributed by atoms with Crippen LogP contribution in [0.4, 0.5) is 0 Å². The molecule has 1 N–H and O–H groups in total. The first-order valence-electron chi connectivity index (χ1n) is 6.38. The van der Waals surface area contributed by atoms with Crippen molar-refractivity contribution in [3.8, 4) is 0 Å². The third-order valence-corrected chi connectivity index (χ3v) is 5.91. The van der Waals surface area contributed by atoms with Crippen LogP contribution in [0.1, 0.15) is 18.4 Å². The van der Waals surface area contributed by atoms with E-state index in [-0.39, 0.29) is 12.4 Å². The average Bonchev–Trinajstić information content (AvgIpc) is 2.41. The molecule has 0 bridgehead atoms. The van der Waals surface area contributed by atoms with Gasteiger partial charge in [0.1, 0.15) is 0 Å². The van der Waals surface area contributed by atoms with Crippen molar-refractivity contribution in [1.82, 2.24) is 9.62 Å². The van der Waals surface area contributed by atoms with Crippen LogP contribution in [0.3, 0.4) is 0 Å². The normalized spacial score (nSPS) is 17.8. The highest BCUT2D eigenvalue weighted by Crippen LogP contribution is 2.25. The molecule has 1 heterocycles. The zero-order valence-corrected chi connectivity index (χ0v) is 14.0. The first-order valence-corrected chi connectivity index (χ1v) is 8.20. The minimum absolute atomic E-state index is 0. The van der Waals surface area contributed by atoms with E-state index in [2.05, 4.69) is 5.32 Å². The summed E-state index contributed by atoms with van der Waals surface area (Å²) in [6, 6.07) is 5.40. The van der Waals surface area contributed by atoms with Gasteiger partial charge in [-0.1, -0.05) is 17.7 Å². The maximum Gasteiger partial charge on any atom is 0.243 e. The Morgan fingerprint density at radius 3 is 2.45 bits per heavy atom. The van der Waals surface area contributed by atoms with E-state index in [0.29, 0.717) is 29.0 Å². The van der Waals surface area contributed by atoms with E-state index in [4.69, 9.17) is 11.6 Å². The molecular weight excluding hydrogens is 319 g/mol. The summed E-state index contributed by atoms with van der Waals surface area (Å²) in [7, 11) is -1.51. The lowest BCUT2D eigenvalue weighted by molar-refractivity contribution is 0.298. The van der Waals surface area contributed by atoms with Gasteiger partial charge in [0.05, 0.1) is 4.90 Å². The predicted molar refractivity (Wildman–Crippen MR) is 84.3 cm³/mol. The quantitative estimate of drug-likeness (QED) is 0.920. The van der Waals surface area contributed by atoms with Crippen LogP contribution in [0.15, 0.2) is 23.1 Å². The van der Waals surface area contributed by atoms with E-state index in [9.17, 15) is 8.42 Å². The van der Waals surface area contributed by atoms with Gasteiger partial charge in [0.15, 0.2) is 0 Å². The average molecular weight is 339 g/mol. The topological polar surface area (TPSA) is 49.4 Å². The van der Waals surface area contributed by atoms with Crippen molar-refractivity contribution < 1.29 is 8.42 Å². The molecule has 114 valence electrons. The van der Waals surface area contributed by atoms with E-state index >= 15 is 0 Å². The summed E-state index contributed by atoms with van der Waals surface area (Å²) < 4.78 is 26.8. The standard InChI is InChI=1S/C13H19ClN2O2S.ClH/c1-10-3-4-11(14)9-13(10)19(17,18)16-7-5-12(15-2)6-8-16;/h3-4,9,12,15H,5-8H2,1-2H3;1H. The molecule has 1 fully saturated rings. The number of hydrogen-bond acceptors (Lipinski definition) is 3. The van der Waals surface area contributed by atoms with Gasteiger partial charge in [-0.3, -0.25) is 0 Å². The van der Waals surface area contributed by atoms with Gasteiger partial charge in [-0.15, -0.1) is 12.4 Å². The van der Waals surface area contributed by atoms with Crippen molar-refractivity contribution in [2.24, 2.45) is 0 Å². The summed E-state index contributed by atoms with van der Waals surface area (Å²) in [6.07, 6.45) is 1.69. The lowest BCUT2D eigenvalue weighted by Gasteiger charge is -2.31. The maximum atomic E-state index is 12.6. The van der Waals surface area contributed by atoms with Gasteiger partial charge in [-0.25, -0.2) is 8.42 Å². The minimum Gasteiger partial charge on any atom is -0.317 e. The Kier molecular flexibility index (Phi) is 6.28. The fraction of sp³-hybridized carbons (Fsp3) is 0.538. The zero-order chi connectivity index (χ0) is 14.0. The van der Waals surface area contributed by atoms with Crippen LogP contribution < -0.4 is 5.32 Å². The van der Waals surface area contributed by atoms with Gasteiger partial charge in [0.25, 0.3) is 0 Å². The molecule has 1 aromatic carbocycles.